The van der Waals surface area contributed by atoms with E-state index in [2.05, 4.69) is 36.5 Å². The van der Waals surface area contributed by atoms with E-state index < -0.39 is 0 Å². The van der Waals surface area contributed by atoms with Crippen LogP contribution in [0, 0.1) is 12.8 Å². The Hall–Kier alpha value is -2.82. The highest BCUT2D eigenvalue weighted by Gasteiger charge is 2.27. The Morgan fingerprint density at radius 3 is 2.34 bits per heavy atom. The van der Waals surface area contributed by atoms with Crippen LogP contribution in [0.4, 0.5) is 16.2 Å². The number of anilines is 2. The van der Waals surface area contributed by atoms with Crippen LogP contribution in [0.25, 0.3) is 0 Å². The molecule has 2 aliphatic rings. The normalized spacial score (nSPS) is 17.6. The van der Waals surface area contributed by atoms with Gasteiger partial charge in [-0.1, -0.05) is 42.7 Å². The number of amides is 3. The molecule has 2 fully saturated rings. The van der Waals surface area contributed by atoms with Gasteiger partial charge < -0.3 is 10.2 Å². The van der Waals surface area contributed by atoms with Gasteiger partial charge in [0.2, 0.25) is 5.91 Å². The van der Waals surface area contributed by atoms with Gasteiger partial charge in [0.25, 0.3) is 0 Å². The van der Waals surface area contributed by atoms with E-state index in [1.165, 1.54) is 5.56 Å². The number of urea groups is 1. The SMILES string of the molecule is Cc1ccc(CN2CCCN(c3ccc(NC(=O)C4CCCC4)cc3)C2=O)cc1. The molecular weight excluding hydrogens is 362 g/mol. The number of nitrogens with zero attached hydrogens (tertiary/aromatic N) is 2. The van der Waals surface area contributed by atoms with Gasteiger partial charge >= 0.3 is 6.03 Å². The summed E-state index contributed by atoms with van der Waals surface area (Å²) in [6, 6.07) is 16.0. The van der Waals surface area contributed by atoms with Crippen molar-refractivity contribution >= 4 is 23.3 Å². The molecule has 5 heteroatoms. The molecule has 0 spiro atoms. The van der Waals surface area contributed by atoms with Gasteiger partial charge in [0, 0.05) is 36.9 Å². The molecule has 1 aliphatic carbocycles. The number of carbonyl (C=O) groups excluding carboxylic acids is 2. The molecule has 0 aromatic heterocycles. The zero-order valence-electron chi connectivity index (χ0n) is 17.1. The van der Waals surface area contributed by atoms with Crippen LogP contribution >= 0.6 is 0 Å². The monoisotopic (exact) mass is 391 g/mol. The summed E-state index contributed by atoms with van der Waals surface area (Å²) in [7, 11) is 0. The summed E-state index contributed by atoms with van der Waals surface area (Å²) >= 11 is 0. The predicted molar refractivity (Wildman–Crippen MR) is 116 cm³/mol. The number of benzene rings is 2. The number of hydrogen-bond acceptors (Lipinski definition) is 2. The first-order valence-electron chi connectivity index (χ1n) is 10.6. The Kier molecular flexibility index (Phi) is 5.84. The number of hydrogen-bond donors (Lipinski definition) is 1. The van der Waals surface area contributed by atoms with Crippen LogP contribution in [0.2, 0.25) is 0 Å². The first kappa shape index (κ1) is 19.5. The quantitative estimate of drug-likeness (QED) is 0.783. The molecule has 0 atom stereocenters. The van der Waals surface area contributed by atoms with Crippen molar-refractivity contribution in [2.45, 2.75) is 45.6 Å². The van der Waals surface area contributed by atoms with Crippen molar-refractivity contribution in [1.82, 2.24) is 4.90 Å². The standard InChI is InChI=1S/C24H29N3O2/c1-18-7-9-19(10-8-18)17-26-15-4-16-27(24(26)29)22-13-11-21(12-14-22)25-23(28)20-5-2-3-6-20/h7-14,20H,2-6,15-17H2,1H3,(H,25,28). The van der Waals surface area contributed by atoms with Crippen LogP contribution in [-0.2, 0) is 11.3 Å². The molecule has 1 saturated carbocycles. The molecule has 2 aromatic carbocycles. The molecular formula is C24H29N3O2. The average molecular weight is 392 g/mol. The van der Waals surface area contributed by atoms with Gasteiger partial charge in [-0.25, -0.2) is 4.79 Å². The van der Waals surface area contributed by atoms with Crippen LogP contribution in [0.15, 0.2) is 48.5 Å². The fourth-order valence-corrected chi connectivity index (χ4v) is 4.24. The molecule has 152 valence electrons. The maximum atomic E-state index is 13.0. The van der Waals surface area contributed by atoms with Gasteiger partial charge in [0.1, 0.15) is 0 Å². The van der Waals surface area contributed by atoms with Crippen LogP contribution in [0.3, 0.4) is 0 Å². The van der Waals surface area contributed by atoms with Crippen molar-refractivity contribution in [1.29, 1.82) is 0 Å². The maximum absolute atomic E-state index is 13.0. The molecule has 4 rings (SSSR count). The molecule has 29 heavy (non-hydrogen) atoms. The second-order valence-corrected chi connectivity index (χ2v) is 8.21. The topological polar surface area (TPSA) is 52.6 Å². The molecule has 5 nitrogen and oxygen atoms in total. The minimum absolute atomic E-state index is 0.0413. The van der Waals surface area contributed by atoms with Crippen molar-refractivity contribution in [2.75, 3.05) is 23.3 Å². The van der Waals surface area contributed by atoms with Crippen molar-refractivity contribution in [3.05, 3.63) is 59.7 Å². The molecule has 3 amide bonds. The van der Waals surface area contributed by atoms with Crippen LogP contribution < -0.4 is 10.2 Å². The Labute approximate surface area is 172 Å². The summed E-state index contributed by atoms with van der Waals surface area (Å²) < 4.78 is 0. The number of nitrogens with one attached hydrogen (secondary N) is 1. The summed E-state index contributed by atoms with van der Waals surface area (Å²) in [6.45, 7) is 4.19. The summed E-state index contributed by atoms with van der Waals surface area (Å²) in [5, 5.41) is 3.02. The number of carbonyl (C=O) groups is 2. The fraction of sp³-hybridized carbons (Fsp3) is 0.417. The molecule has 1 aliphatic heterocycles. The fourth-order valence-electron chi connectivity index (χ4n) is 4.24. The van der Waals surface area contributed by atoms with Crippen LogP contribution in [0.5, 0.6) is 0 Å². The van der Waals surface area contributed by atoms with E-state index in [-0.39, 0.29) is 17.9 Å². The molecule has 0 radical (unpaired) electrons. The second kappa shape index (κ2) is 8.68. The third kappa shape index (κ3) is 4.61. The van der Waals surface area contributed by atoms with Crippen LogP contribution in [-0.4, -0.2) is 29.9 Å². The van der Waals surface area contributed by atoms with Gasteiger partial charge in [0.05, 0.1) is 0 Å². The molecule has 0 unspecified atom stereocenters. The van der Waals surface area contributed by atoms with Crippen molar-refractivity contribution in [2.24, 2.45) is 5.92 Å². The summed E-state index contributed by atoms with van der Waals surface area (Å²) in [6.07, 6.45) is 5.21. The highest BCUT2D eigenvalue weighted by atomic mass is 16.2. The minimum atomic E-state index is 0.0413. The van der Waals surface area contributed by atoms with E-state index in [4.69, 9.17) is 0 Å². The lowest BCUT2D eigenvalue weighted by Crippen LogP contribution is -2.49. The number of rotatable bonds is 5. The first-order chi connectivity index (χ1) is 14.1. The summed E-state index contributed by atoms with van der Waals surface area (Å²) in [5.41, 5.74) is 4.05. The van der Waals surface area contributed by atoms with E-state index >= 15 is 0 Å². The van der Waals surface area contributed by atoms with Gasteiger partial charge in [0.15, 0.2) is 0 Å². The summed E-state index contributed by atoms with van der Waals surface area (Å²) in [4.78, 5) is 29.1. The highest BCUT2D eigenvalue weighted by Crippen LogP contribution is 2.27. The zero-order valence-corrected chi connectivity index (χ0v) is 17.1. The van der Waals surface area contributed by atoms with Crippen LogP contribution in [0.1, 0.15) is 43.2 Å². The minimum Gasteiger partial charge on any atom is -0.326 e. The Morgan fingerprint density at radius 2 is 1.66 bits per heavy atom. The third-order valence-electron chi connectivity index (χ3n) is 5.98. The van der Waals surface area contributed by atoms with Crippen molar-refractivity contribution in [3.8, 4) is 0 Å². The molecule has 1 heterocycles. The highest BCUT2D eigenvalue weighted by molar-refractivity contribution is 5.95. The van der Waals surface area contributed by atoms with E-state index in [0.717, 1.165) is 62.1 Å². The third-order valence-corrected chi connectivity index (χ3v) is 5.98. The smallest absolute Gasteiger partial charge is 0.324 e. The average Bonchev–Trinajstić information content (AvgIpc) is 3.27. The molecule has 1 N–H and O–H groups in total. The Morgan fingerprint density at radius 1 is 0.966 bits per heavy atom. The van der Waals surface area contributed by atoms with Gasteiger partial charge in [-0.2, -0.15) is 0 Å². The largest absolute Gasteiger partial charge is 0.326 e. The summed E-state index contributed by atoms with van der Waals surface area (Å²) in [5.74, 6) is 0.266. The number of aryl methyl sites for hydroxylation is 1. The Bertz CT molecular complexity index is 855. The molecule has 1 saturated heterocycles. The van der Waals surface area contributed by atoms with E-state index in [1.54, 1.807) is 0 Å². The zero-order chi connectivity index (χ0) is 20.2. The first-order valence-corrected chi connectivity index (χ1v) is 10.6. The van der Waals surface area contributed by atoms with Crippen molar-refractivity contribution < 1.29 is 9.59 Å². The second-order valence-electron chi connectivity index (χ2n) is 8.21. The van der Waals surface area contributed by atoms with Gasteiger partial charge in [-0.05, 0) is 56.0 Å². The van der Waals surface area contributed by atoms with E-state index in [1.807, 2.05) is 34.1 Å². The van der Waals surface area contributed by atoms with Crippen molar-refractivity contribution in [3.63, 3.8) is 0 Å². The van der Waals surface area contributed by atoms with E-state index in [0.29, 0.717) is 6.54 Å². The maximum Gasteiger partial charge on any atom is 0.324 e. The molecule has 0 bridgehead atoms. The van der Waals surface area contributed by atoms with Gasteiger partial charge in [-0.15, -0.1) is 0 Å². The Balaban J connectivity index is 1.39. The lowest BCUT2D eigenvalue weighted by atomic mass is 10.1. The lowest BCUT2D eigenvalue weighted by Gasteiger charge is -2.35. The van der Waals surface area contributed by atoms with Gasteiger partial charge in [-0.3, -0.25) is 9.69 Å². The molecule has 2 aromatic rings. The predicted octanol–water partition coefficient (Wildman–Crippen LogP) is 4.96. The van der Waals surface area contributed by atoms with E-state index in [9.17, 15) is 9.59 Å². The lowest BCUT2D eigenvalue weighted by molar-refractivity contribution is -0.119.